The number of nitrogens with one attached hydrogen (secondary N) is 1. The number of nitrogens with zero attached hydrogens (tertiary/aromatic N) is 4. The van der Waals surface area contributed by atoms with E-state index in [0.29, 0.717) is 10.9 Å². The Bertz CT molecular complexity index is 793. The second kappa shape index (κ2) is 6.40. The first-order chi connectivity index (χ1) is 11.5. The van der Waals surface area contributed by atoms with E-state index in [9.17, 15) is 9.59 Å². The number of ether oxygens (including phenoxy) is 1. The fourth-order valence-corrected chi connectivity index (χ4v) is 2.90. The van der Waals surface area contributed by atoms with Crippen LogP contribution in [0.2, 0.25) is 0 Å². The van der Waals surface area contributed by atoms with E-state index in [1.54, 1.807) is 19.1 Å². The van der Waals surface area contributed by atoms with E-state index in [2.05, 4.69) is 20.5 Å². The first-order valence-electron chi connectivity index (χ1n) is 7.34. The third-order valence-electron chi connectivity index (χ3n) is 3.35. The van der Waals surface area contributed by atoms with Crippen molar-refractivity contribution in [3.63, 3.8) is 0 Å². The molecule has 0 spiro atoms. The Morgan fingerprint density at radius 3 is 2.96 bits per heavy atom. The Hall–Kier alpha value is -2.75. The van der Waals surface area contributed by atoms with E-state index in [1.807, 2.05) is 6.92 Å². The van der Waals surface area contributed by atoms with Gasteiger partial charge in [0.05, 0.1) is 0 Å². The highest BCUT2D eigenvalue weighted by Crippen LogP contribution is 2.32. The van der Waals surface area contributed by atoms with Crippen LogP contribution < -0.4 is 20.7 Å². The lowest BCUT2D eigenvalue weighted by molar-refractivity contribution is -0.127. The summed E-state index contributed by atoms with van der Waals surface area (Å²) < 4.78 is 5.49. The third kappa shape index (κ3) is 3.13. The van der Waals surface area contributed by atoms with Gasteiger partial charge in [0.2, 0.25) is 11.0 Å². The smallest absolute Gasteiger partial charge is 0.269 e. The minimum atomic E-state index is -0.705. The Labute approximate surface area is 141 Å². The number of nitrogens with two attached hydrogens (primary N) is 1. The molecule has 3 heterocycles. The maximum absolute atomic E-state index is 12.4. The number of rotatable bonds is 4. The molecule has 1 unspecified atom stereocenters. The molecule has 0 bridgehead atoms. The van der Waals surface area contributed by atoms with E-state index in [-0.39, 0.29) is 24.1 Å². The second-order valence-corrected chi connectivity index (χ2v) is 6.21. The van der Waals surface area contributed by atoms with Gasteiger partial charge in [0, 0.05) is 0 Å². The van der Waals surface area contributed by atoms with Crippen LogP contribution in [0.1, 0.15) is 18.9 Å². The average molecular weight is 348 g/mol. The molecule has 3 rings (SSSR count). The van der Waals surface area contributed by atoms with Crippen LogP contribution >= 0.6 is 11.3 Å². The monoisotopic (exact) mass is 348 g/mol. The summed E-state index contributed by atoms with van der Waals surface area (Å²) in [5.74, 6) is 0.128. The summed E-state index contributed by atoms with van der Waals surface area (Å²) in [5, 5.41) is 11.7. The number of amides is 2. The molecule has 0 aliphatic carbocycles. The summed E-state index contributed by atoms with van der Waals surface area (Å²) in [5.41, 5.74) is 5.67. The highest BCUT2D eigenvalue weighted by molar-refractivity contribution is 7.15. The maximum Gasteiger partial charge on any atom is 0.269 e. The van der Waals surface area contributed by atoms with Gasteiger partial charge in [-0.3, -0.25) is 19.8 Å². The van der Waals surface area contributed by atoms with Gasteiger partial charge in [0.1, 0.15) is 17.4 Å². The van der Waals surface area contributed by atoms with E-state index in [0.717, 1.165) is 11.4 Å². The molecule has 1 aliphatic heterocycles. The highest BCUT2D eigenvalue weighted by Gasteiger charge is 2.34. The van der Waals surface area contributed by atoms with E-state index in [4.69, 9.17) is 10.5 Å². The molecule has 0 saturated heterocycles. The van der Waals surface area contributed by atoms with Crippen molar-refractivity contribution in [2.75, 3.05) is 22.5 Å². The highest BCUT2D eigenvalue weighted by atomic mass is 32.1. The van der Waals surface area contributed by atoms with Crippen LogP contribution in [0.25, 0.3) is 0 Å². The minimum Gasteiger partial charge on any atom is -0.477 e. The van der Waals surface area contributed by atoms with E-state index in [1.165, 1.54) is 16.2 Å². The predicted molar refractivity (Wildman–Crippen MR) is 89.0 cm³/mol. The van der Waals surface area contributed by atoms with Crippen molar-refractivity contribution < 1.29 is 14.3 Å². The van der Waals surface area contributed by atoms with Crippen LogP contribution in [-0.4, -0.2) is 39.6 Å². The molecular formula is C14H16N6O3S. The molecule has 0 radical (unpaired) electrons. The van der Waals surface area contributed by atoms with Crippen molar-refractivity contribution in [3.8, 4) is 5.75 Å². The number of carbonyl (C=O) groups excluding carboxylic acids is 2. The van der Waals surface area contributed by atoms with Crippen LogP contribution in [0.15, 0.2) is 12.1 Å². The first-order valence-corrected chi connectivity index (χ1v) is 8.16. The zero-order chi connectivity index (χ0) is 17.3. The molecule has 126 valence electrons. The molecule has 0 aromatic carbocycles. The SMILES string of the molecule is CCc1nnc(NC(=O)CN2C(=O)C(C)Oc3ccc(N)nc32)s1. The summed E-state index contributed by atoms with van der Waals surface area (Å²) in [6.45, 7) is 3.36. The Morgan fingerprint density at radius 2 is 2.25 bits per heavy atom. The van der Waals surface area contributed by atoms with Gasteiger partial charge in [-0.25, -0.2) is 4.98 Å². The number of aryl methyl sites for hydroxylation is 1. The molecule has 1 aliphatic rings. The molecule has 10 heteroatoms. The predicted octanol–water partition coefficient (Wildman–Crippen LogP) is 0.830. The van der Waals surface area contributed by atoms with Crippen molar-refractivity contribution in [2.45, 2.75) is 26.4 Å². The lowest BCUT2D eigenvalue weighted by Crippen LogP contribution is -2.48. The number of carbonyl (C=O) groups is 2. The van der Waals surface area contributed by atoms with Gasteiger partial charge in [-0.15, -0.1) is 10.2 Å². The van der Waals surface area contributed by atoms with Gasteiger partial charge >= 0.3 is 0 Å². The van der Waals surface area contributed by atoms with Crippen molar-refractivity contribution in [1.82, 2.24) is 15.2 Å². The third-order valence-corrected chi connectivity index (χ3v) is 4.33. The first kappa shape index (κ1) is 16.1. The zero-order valence-corrected chi connectivity index (χ0v) is 14.0. The number of anilines is 3. The van der Waals surface area contributed by atoms with Crippen LogP contribution in [0.4, 0.5) is 16.8 Å². The Morgan fingerprint density at radius 1 is 1.46 bits per heavy atom. The molecule has 3 N–H and O–H groups in total. The van der Waals surface area contributed by atoms with Crippen LogP contribution in [-0.2, 0) is 16.0 Å². The molecule has 1 atom stereocenters. The standard InChI is InChI=1S/C14H16N6O3S/c1-3-11-18-19-14(24-11)17-10(21)6-20-12-8(4-5-9(15)16-12)23-7(2)13(20)22/h4-5,7H,3,6H2,1-2H3,(H2,15,16)(H,17,19,21). The summed E-state index contributed by atoms with van der Waals surface area (Å²) in [7, 11) is 0. The summed E-state index contributed by atoms with van der Waals surface area (Å²) >= 11 is 1.29. The van der Waals surface area contributed by atoms with Crippen molar-refractivity contribution in [1.29, 1.82) is 0 Å². The number of aromatic nitrogens is 3. The molecule has 2 amide bonds. The van der Waals surface area contributed by atoms with Gasteiger partial charge < -0.3 is 10.5 Å². The second-order valence-electron chi connectivity index (χ2n) is 5.15. The molecule has 2 aromatic rings. The normalized spacial score (nSPS) is 16.5. The number of hydrogen-bond acceptors (Lipinski definition) is 8. The van der Waals surface area contributed by atoms with Gasteiger partial charge in [-0.2, -0.15) is 0 Å². The van der Waals surface area contributed by atoms with E-state index < -0.39 is 12.0 Å². The summed E-state index contributed by atoms with van der Waals surface area (Å²) in [4.78, 5) is 30.0. The number of fused-ring (bicyclic) bond motifs is 1. The molecule has 9 nitrogen and oxygen atoms in total. The molecule has 0 saturated carbocycles. The average Bonchev–Trinajstić information content (AvgIpc) is 3.00. The van der Waals surface area contributed by atoms with Crippen LogP contribution in [0.3, 0.4) is 0 Å². The van der Waals surface area contributed by atoms with Gasteiger partial charge in [0.15, 0.2) is 17.7 Å². The lowest BCUT2D eigenvalue weighted by atomic mass is 10.2. The van der Waals surface area contributed by atoms with Crippen LogP contribution in [0, 0.1) is 0 Å². The quantitative estimate of drug-likeness (QED) is 0.838. The van der Waals surface area contributed by atoms with Gasteiger partial charge in [-0.1, -0.05) is 18.3 Å². The lowest BCUT2D eigenvalue weighted by Gasteiger charge is -2.31. The molecule has 2 aromatic heterocycles. The minimum absolute atomic E-state index is 0.211. The van der Waals surface area contributed by atoms with Crippen LogP contribution in [0.5, 0.6) is 5.75 Å². The zero-order valence-electron chi connectivity index (χ0n) is 13.1. The number of pyridine rings is 1. The fraction of sp³-hybridized carbons (Fsp3) is 0.357. The van der Waals surface area contributed by atoms with Crippen molar-refractivity contribution >= 4 is 39.9 Å². The van der Waals surface area contributed by atoms with Crippen molar-refractivity contribution in [3.05, 3.63) is 17.1 Å². The summed E-state index contributed by atoms with van der Waals surface area (Å²) in [6.07, 6.45) is 0.0350. The molecule has 0 fully saturated rings. The van der Waals surface area contributed by atoms with E-state index >= 15 is 0 Å². The number of nitrogen functional groups attached to an aromatic ring is 1. The molecular weight excluding hydrogens is 332 g/mol. The fourth-order valence-electron chi connectivity index (χ4n) is 2.20. The number of hydrogen-bond donors (Lipinski definition) is 2. The summed E-state index contributed by atoms with van der Waals surface area (Å²) in [6, 6.07) is 3.21. The Balaban J connectivity index is 1.79. The Kier molecular flexibility index (Phi) is 4.30. The topological polar surface area (TPSA) is 123 Å². The molecule has 24 heavy (non-hydrogen) atoms. The maximum atomic E-state index is 12.4. The van der Waals surface area contributed by atoms with Crippen molar-refractivity contribution in [2.24, 2.45) is 0 Å². The van der Waals surface area contributed by atoms with Gasteiger partial charge in [-0.05, 0) is 25.5 Å². The van der Waals surface area contributed by atoms with Gasteiger partial charge in [0.25, 0.3) is 5.91 Å². The largest absolute Gasteiger partial charge is 0.477 e.